The number of rotatable bonds is 4. The molecule has 0 aliphatic carbocycles. The Morgan fingerprint density at radius 3 is 2.88 bits per heavy atom. The number of aliphatic hydroxyl groups is 1. The van der Waals surface area contributed by atoms with E-state index < -0.39 is 0 Å². The third kappa shape index (κ3) is 2.95. The number of pyridine rings is 1. The number of nitrogens with one attached hydrogen (secondary N) is 1. The monoisotopic (exact) mass is 230 g/mol. The van der Waals surface area contributed by atoms with Crippen LogP contribution in [-0.2, 0) is 13.2 Å². The molecule has 2 aromatic rings. The summed E-state index contributed by atoms with van der Waals surface area (Å²) in [5, 5.41) is 21.7. The smallest absolute Gasteiger partial charge is 0.115 e. The van der Waals surface area contributed by atoms with E-state index >= 15 is 0 Å². The van der Waals surface area contributed by atoms with Gasteiger partial charge in [-0.2, -0.15) is 0 Å². The van der Waals surface area contributed by atoms with Crippen molar-refractivity contribution in [3.63, 3.8) is 0 Å². The Bertz CT molecular complexity index is 500. The molecule has 0 saturated carbocycles. The van der Waals surface area contributed by atoms with Gasteiger partial charge in [-0.15, -0.1) is 0 Å². The second-order valence-corrected chi connectivity index (χ2v) is 3.71. The van der Waals surface area contributed by atoms with Crippen LogP contribution in [0.25, 0.3) is 0 Å². The fourth-order valence-electron chi connectivity index (χ4n) is 1.58. The maximum Gasteiger partial charge on any atom is 0.115 e. The van der Waals surface area contributed by atoms with Crippen LogP contribution >= 0.6 is 0 Å². The molecule has 0 saturated heterocycles. The molecule has 17 heavy (non-hydrogen) atoms. The molecule has 2 rings (SSSR count). The summed E-state index contributed by atoms with van der Waals surface area (Å²) in [6.07, 6.45) is 3.32. The van der Waals surface area contributed by atoms with Crippen LogP contribution < -0.4 is 5.32 Å². The first-order valence-electron chi connectivity index (χ1n) is 5.35. The number of phenolic OH excluding ortho intramolecular Hbond substituents is 1. The lowest BCUT2D eigenvalue weighted by Crippen LogP contribution is -2.02. The number of hydrogen-bond donors (Lipinski definition) is 3. The number of hydrogen-bond acceptors (Lipinski definition) is 4. The van der Waals surface area contributed by atoms with Gasteiger partial charge in [-0.1, -0.05) is 12.1 Å². The zero-order valence-corrected chi connectivity index (χ0v) is 9.30. The first-order valence-corrected chi connectivity index (χ1v) is 5.35. The zero-order chi connectivity index (χ0) is 12.1. The van der Waals surface area contributed by atoms with Crippen molar-refractivity contribution < 1.29 is 10.2 Å². The number of anilines is 1. The van der Waals surface area contributed by atoms with Crippen LogP contribution in [0.15, 0.2) is 42.7 Å². The summed E-state index contributed by atoms with van der Waals surface area (Å²) in [4.78, 5) is 4.00. The van der Waals surface area contributed by atoms with Gasteiger partial charge in [0.2, 0.25) is 0 Å². The van der Waals surface area contributed by atoms with Crippen molar-refractivity contribution in [3.05, 3.63) is 53.9 Å². The average Bonchev–Trinajstić information content (AvgIpc) is 2.37. The fraction of sp³-hybridized carbons (Fsp3) is 0.154. The molecule has 0 radical (unpaired) electrons. The number of benzene rings is 1. The molecule has 0 bridgehead atoms. The van der Waals surface area contributed by atoms with Crippen LogP contribution in [0.2, 0.25) is 0 Å². The minimum absolute atomic E-state index is 0.0229. The lowest BCUT2D eigenvalue weighted by molar-refractivity contribution is 0.282. The molecule has 1 aromatic heterocycles. The molecule has 0 fully saturated rings. The van der Waals surface area contributed by atoms with Gasteiger partial charge in [0, 0.05) is 18.3 Å². The van der Waals surface area contributed by atoms with Gasteiger partial charge in [-0.3, -0.25) is 4.98 Å². The van der Waals surface area contributed by atoms with E-state index in [2.05, 4.69) is 10.3 Å². The lowest BCUT2D eigenvalue weighted by Gasteiger charge is -2.09. The van der Waals surface area contributed by atoms with E-state index in [0.717, 1.165) is 16.8 Å². The number of aliphatic hydroxyl groups excluding tert-OH is 1. The Morgan fingerprint density at radius 2 is 2.12 bits per heavy atom. The highest BCUT2D eigenvalue weighted by Gasteiger charge is 2.01. The molecule has 0 spiro atoms. The first-order chi connectivity index (χ1) is 8.29. The van der Waals surface area contributed by atoms with Crippen molar-refractivity contribution in [3.8, 4) is 5.75 Å². The van der Waals surface area contributed by atoms with Gasteiger partial charge < -0.3 is 15.5 Å². The average molecular weight is 230 g/mol. The molecule has 0 amide bonds. The number of phenols is 1. The molecular formula is C13H14N2O2. The summed E-state index contributed by atoms with van der Waals surface area (Å²) in [5.74, 6) is 0.248. The van der Waals surface area contributed by atoms with Crippen molar-refractivity contribution in [2.24, 2.45) is 0 Å². The van der Waals surface area contributed by atoms with Crippen molar-refractivity contribution in [1.82, 2.24) is 4.98 Å². The second kappa shape index (κ2) is 5.32. The van der Waals surface area contributed by atoms with E-state index in [-0.39, 0.29) is 12.4 Å². The van der Waals surface area contributed by atoms with Gasteiger partial charge in [0.05, 0.1) is 18.5 Å². The summed E-state index contributed by atoms with van der Waals surface area (Å²) < 4.78 is 0. The molecule has 0 aliphatic heterocycles. The molecule has 0 atom stereocenters. The number of nitrogens with zero attached hydrogens (tertiary/aromatic N) is 1. The van der Waals surface area contributed by atoms with Crippen LogP contribution in [0.5, 0.6) is 5.75 Å². The van der Waals surface area contributed by atoms with Gasteiger partial charge in [0.15, 0.2) is 0 Å². The molecule has 88 valence electrons. The summed E-state index contributed by atoms with van der Waals surface area (Å²) in [7, 11) is 0. The third-order valence-corrected chi connectivity index (χ3v) is 2.48. The molecule has 0 aliphatic rings. The Labute approximate surface area is 99.6 Å². The van der Waals surface area contributed by atoms with Crippen molar-refractivity contribution >= 4 is 5.69 Å². The zero-order valence-electron chi connectivity index (χ0n) is 9.30. The van der Waals surface area contributed by atoms with Gasteiger partial charge in [-0.25, -0.2) is 0 Å². The standard InChI is InChI=1S/C13H14N2O2/c16-9-11-4-5-14-8-13(11)15-7-10-2-1-3-12(17)6-10/h1-6,8,15-17H,7,9H2. The summed E-state index contributed by atoms with van der Waals surface area (Å²) in [6, 6.07) is 8.81. The van der Waals surface area contributed by atoms with E-state index in [1.54, 1.807) is 36.7 Å². The predicted octanol–water partition coefficient (Wildman–Crippen LogP) is 1.89. The second-order valence-electron chi connectivity index (χ2n) is 3.71. The molecule has 1 aromatic carbocycles. The Morgan fingerprint density at radius 1 is 1.24 bits per heavy atom. The van der Waals surface area contributed by atoms with Gasteiger partial charge in [0.1, 0.15) is 5.75 Å². The minimum Gasteiger partial charge on any atom is -0.508 e. The van der Waals surface area contributed by atoms with Crippen molar-refractivity contribution in [2.75, 3.05) is 5.32 Å². The van der Waals surface area contributed by atoms with Crippen molar-refractivity contribution in [2.45, 2.75) is 13.2 Å². The molecule has 4 heteroatoms. The molecule has 0 unspecified atom stereocenters. The quantitative estimate of drug-likeness (QED) is 0.750. The fourth-order valence-corrected chi connectivity index (χ4v) is 1.58. The number of aromatic nitrogens is 1. The third-order valence-electron chi connectivity index (χ3n) is 2.48. The normalized spacial score (nSPS) is 10.2. The molecule has 3 N–H and O–H groups in total. The van der Waals surface area contributed by atoms with E-state index in [1.807, 2.05) is 6.07 Å². The topological polar surface area (TPSA) is 65.4 Å². The summed E-state index contributed by atoms with van der Waals surface area (Å²) in [5.41, 5.74) is 2.58. The largest absolute Gasteiger partial charge is 0.508 e. The molecule has 4 nitrogen and oxygen atoms in total. The van der Waals surface area contributed by atoms with Gasteiger partial charge >= 0.3 is 0 Å². The molecule has 1 heterocycles. The van der Waals surface area contributed by atoms with Crippen molar-refractivity contribution in [1.29, 1.82) is 0 Å². The maximum absolute atomic E-state index is 9.33. The maximum atomic E-state index is 9.33. The summed E-state index contributed by atoms with van der Waals surface area (Å²) in [6.45, 7) is 0.554. The Hall–Kier alpha value is -2.07. The van der Waals surface area contributed by atoms with E-state index in [1.165, 1.54) is 0 Å². The Balaban J connectivity index is 2.07. The highest BCUT2D eigenvalue weighted by atomic mass is 16.3. The van der Waals surface area contributed by atoms with Crippen LogP contribution in [0, 0.1) is 0 Å². The van der Waals surface area contributed by atoms with Gasteiger partial charge in [0.25, 0.3) is 0 Å². The number of aromatic hydroxyl groups is 1. The van der Waals surface area contributed by atoms with E-state index in [4.69, 9.17) is 5.11 Å². The highest BCUT2D eigenvalue weighted by Crippen LogP contribution is 2.16. The SMILES string of the molecule is OCc1ccncc1NCc1cccc(O)c1. The minimum atomic E-state index is -0.0229. The van der Waals surface area contributed by atoms with Crippen LogP contribution in [0.1, 0.15) is 11.1 Å². The van der Waals surface area contributed by atoms with E-state index in [0.29, 0.717) is 6.54 Å². The van der Waals surface area contributed by atoms with Crippen LogP contribution in [-0.4, -0.2) is 15.2 Å². The van der Waals surface area contributed by atoms with Crippen LogP contribution in [0.4, 0.5) is 5.69 Å². The Kier molecular flexibility index (Phi) is 3.57. The molecular weight excluding hydrogens is 216 g/mol. The van der Waals surface area contributed by atoms with E-state index in [9.17, 15) is 5.11 Å². The van der Waals surface area contributed by atoms with Crippen LogP contribution in [0.3, 0.4) is 0 Å². The van der Waals surface area contributed by atoms with Gasteiger partial charge in [-0.05, 0) is 23.8 Å². The first kappa shape index (κ1) is 11.4. The predicted molar refractivity (Wildman–Crippen MR) is 65.6 cm³/mol. The highest BCUT2D eigenvalue weighted by molar-refractivity contribution is 5.49. The summed E-state index contributed by atoms with van der Waals surface area (Å²) >= 11 is 0. The lowest BCUT2D eigenvalue weighted by atomic mass is 10.2.